The molecule has 2 aliphatic rings. The van der Waals surface area contributed by atoms with E-state index >= 15 is 0 Å². The summed E-state index contributed by atoms with van der Waals surface area (Å²) in [5, 5.41) is 11.1. The molecule has 2 atom stereocenters. The van der Waals surface area contributed by atoms with E-state index in [2.05, 4.69) is 29.2 Å². The van der Waals surface area contributed by atoms with Gasteiger partial charge in [-0.3, -0.25) is 4.90 Å². The molecule has 2 aliphatic heterocycles. The summed E-state index contributed by atoms with van der Waals surface area (Å²) < 4.78 is 14.2. The molecule has 0 aliphatic carbocycles. The lowest BCUT2D eigenvalue weighted by atomic mass is 9.80. The molecular weight excluding hydrogens is 289 g/mol. The Hall–Kier alpha value is -1.71. The predicted molar refractivity (Wildman–Crippen MR) is 88.3 cm³/mol. The standard InChI is InChI=1S/C20H22FNO/c21-19-9-5-4-8-18(19)20(23)12-16-10-11-17(13-20)22(16)14-15-6-2-1-3-7-15/h1-9,16-17,23H,10-14H2. The summed E-state index contributed by atoms with van der Waals surface area (Å²) in [7, 11) is 0. The number of fused-ring (bicyclic) bond motifs is 2. The molecule has 0 saturated carbocycles. The quantitative estimate of drug-likeness (QED) is 0.931. The summed E-state index contributed by atoms with van der Waals surface area (Å²) in [6.45, 7) is 0.920. The van der Waals surface area contributed by atoms with E-state index in [0.29, 0.717) is 30.5 Å². The normalized spacial score (nSPS) is 30.5. The highest BCUT2D eigenvalue weighted by Gasteiger charge is 2.48. The minimum Gasteiger partial charge on any atom is -0.385 e. The monoisotopic (exact) mass is 311 g/mol. The third-order valence-corrected chi connectivity index (χ3v) is 5.50. The van der Waals surface area contributed by atoms with Crippen molar-refractivity contribution in [1.29, 1.82) is 0 Å². The third kappa shape index (κ3) is 2.68. The number of aliphatic hydroxyl groups is 1. The van der Waals surface area contributed by atoms with Crippen molar-refractivity contribution in [2.45, 2.75) is 49.9 Å². The van der Waals surface area contributed by atoms with Crippen molar-refractivity contribution in [2.75, 3.05) is 0 Å². The molecule has 2 heterocycles. The fourth-order valence-corrected chi connectivity index (χ4v) is 4.43. The lowest BCUT2D eigenvalue weighted by Crippen LogP contribution is -2.49. The highest BCUT2D eigenvalue weighted by atomic mass is 19.1. The Labute approximate surface area is 136 Å². The SMILES string of the molecule is OC1(c2ccccc2F)CC2CCC(C1)N2Cc1ccccc1. The summed E-state index contributed by atoms with van der Waals surface area (Å²) in [6.07, 6.45) is 3.43. The first-order valence-electron chi connectivity index (χ1n) is 8.43. The largest absolute Gasteiger partial charge is 0.385 e. The van der Waals surface area contributed by atoms with Gasteiger partial charge in [-0.05, 0) is 37.3 Å². The van der Waals surface area contributed by atoms with Gasteiger partial charge >= 0.3 is 0 Å². The first kappa shape index (κ1) is 14.9. The molecule has 2 aromatic rings. The molecule has 2 bridgehead atoms. The van der Waals surface area contributed by atoms with Crippen molar-refractivity contribution in [3.63, 3.8) is 0 Å². The summed E-state index contributed by atoms with van der Waals surface area (Å²) in [5.41, 5.74) is 0.752. The fourth-order valence-electron chi connectivity index (χ4n) is 4.43. The van der Waals surface area contributed by atoms with E-state index in [-0.39, 0.29) is 5.82 Å². The van der Waals surface area contributed by atoms with Crippen LogP contribution in [0.1, 0.15) is 36.8 Å². The maximum absolute atomic E-state index is 14.2. The number of nitrogens with zero attached hydrogens (tertiary/aromatic N) is 1. The predicted octanol–water partition coefficient (Wildman–Crippen LogP) is 3.84. The van der Waals surface area contributed by atoms with Crippen LogP contribution in [0.4, 0.5) is 4.39 Å². The van der Waals surface area contributed by atoms with E-state index < -0.39 is 5.60 Å². The van der Waals surface area contributed by atoms with Gasteiger partial charge < -0.3 is 5.11 Å². The van der Waals surface area contributed by atoms with Crippen LogP contribution in [-0.4, -0.2) is 22.1 Å². The van der Waals surface area contributed by atoms with Gasteiger partial charge in [0.05, 0.1) is 5.60 Å². The number of benzene rings is 2. The first-order valence-corrected chi connectivity index (χ1v) is 8.43. The molecule has 0 aromatic heterocycles. The molecule has 2 unspecified atom stereocenters. The molecule has 23 heavy (non-hydrogen) atoms. The summed E-state index contributed by atoms with van der Waals surface area (Å²) in [6, 6.07) is 17.8. The number of hydrogen-bond acceptors (Lipinski definition) is 2. The summed E-state index contributed by atoms with van der Waals surface area (Å²) in [5.74, 6) is -0.286. The minimum atomic E-state index is -1.02. The van der Waals surface area contributed by atoms with Gasteiger partial charge in [-0.2, -0.15) is 0 Å². The highest BCUT2D eigenvalue weighted by Crippen LogP contribution is 2.46. The Balaban J connectivity index is 1.57. The lowest BCUT2D eigenvalue weighted by molar-refractivity contribution is -0.0615. The van der Waals surface area contributed by atoms with Crippen LogP contribution < -0.4 is 0 Å². The Morgan fingerprint density at radius 3 is 2.22 bits per heavy atom. The second-order valence-corrected chi connectivity index (χ2v) is 6.96. The lowest BCUT2D eigenvalue weighted by Gasteiger charge is -2.44. The third-order valence-electron chi connectivity index (χ3n) is 5.50. The zero-order valence-electron chi connectivity index (χ0n) is 13.2. The van der Waals surface area contributed by atoms with E-state index in [1.165, 1.54) is 11.6 Å². The average molecular weight is 311 g/mol. The van der Waals surface area contributed by atoms with E-state index in [1.807, 2.05) is 12.1 Å². The van der Waals surface area contributed by atoms with Crippen molar-refractivity contribution in [3.8, 4) is 0 Å². The van der Waals surface area contributed by atoms with Crippen molar-refractivity contribution in [3.05, 3.63) is 71.5 Å². The minimum absolute atomic E-state index is 0.286. The number of piperidine rings is 1. The zero-order chi connectivity index (χ0) is 15.9. The molecule has 2 fully saturated rings. The number of hydrogen-bond donors (Lipinski definition) is 1. The Kier molecular flexibility index (Phi) is 3.70. The first-order chi connectivity index (χ1) is 11.2. The Morgan fingerprint density at radius 2 is 1.57 bits per heavy atom. The molecule has 120 valence electrons. The van der Waals surface area contributed by atoms with Crippen LogP contribution in [0.25, 0.3) is 0 Å². The van der Waals surface area contributed by atoms with E-state index in [1.54, 1.807) is 12.1 Å². The van der Waals surface area contributed by atoms with Gasteiger partial charge in [0.25, 0.3) is 0 Å². The topological polar surface area (TPSA) is 23.5 Å². The molecular formula is C20H22FNO. The molecule has 3 heteroatoms. The van der Waals surface area contributed by atoms with Crippen molar-refractivity contribution in [2.24, 2.45) is 0 Å². The summed E-state index contributed by atoms with van der Waals surface area (Å²) >= 11 is 0. The van der Waals surface area contributed by atoms with Crippen LogP contribution in [-0.2, 0) is 12.1 Å². The molecule has 2 saturated heterocycles. The summed E-state index contributed by atoms with van der Waals surface area (Å²) in [4.78, 5) is 2.50. The van der Waals surface area contributed by atoms with E-state index in [9.17, 15) is 9.50 Å². The Bertz CT molecular complexity index is 673. The fraction of sp³-hybridized carbons (Fsp3) is 0.400. The second-order valence-electron chi connectivity index (χ2n) is 6.96. The number of halogens is 1. The molecule has 0 radical (unpaired) electrons. The van der Waals surface area contributed by atoms with Crippen LogP contribution in [0.5, 0.6) is 0 Å². The van der Waals surface area contributed by atoms with Gasteiger partial charge in [0.2, 0.25) is 0 Å². The van der Waals surface area contributed by atoms with Crippen LogP contribution >= 0.6 is 0 Å². The highest BCUT2D eigenvalue weighted by molar-refractivity contribution is 5.27. The van der Waals surface area contributed by atoms with E-state index in [0.717, 1.165) is 19.4 Å². The molecule has 1 N–H and O–H groups in total. The van der Waals surface area contributed by atoms with Gasteiger partial charge in [0.1, 0.15) is 5.82 Å². The van der Waals surface area contributed by atoms with Crippen molar-refractivity contribution < 1.29 is 9.50 Å². The van der Waals surface area contributed by atoms with Gasteiger partial charge in [0.15, 0.2) is 0 Å². The molecule has 2 nitrogen and oxygen atoms in total. The van der Waals surface area contributed by atoms with E-state index in [4.69, 9.17) is 0 Å². The smallest absolute Gasteiger partial charge is 0.129 e. The Morgan fingerprint density at radius 1 is 0.957 bits per heavy atom. The average Bonchev–Trinajstić information content (AvgIpc) is 2.80. The van der Waals surface area contributed by atoms with Gasteiger partial charge in [0, 0.05) is 24.2 Å². The molecule has 4 rings (SSSR count). The van der Waals surface area contributed by atoms with Gasteiger partial charge in [-0.25, -0.2) is 4.39 Å². The van der Waals surface area contributed by atoms with Crippen molar-refractivity contribution >= 4 is 0 Å². The van der Waals surface area contributed by atoms with Crippen molar-refractivity contribution in [1.82, 2.24) is 4.90 Å². The van der Waals surface area contributed by atoms with Crippen LogP contribution in [0, 0.1) is 5.82 Å². The number of rotatable bonds is 3. The zero-order valence-corrected chi connectivity index (χ0v) is 13.2. The molecule has 0 spiro atoms. The van der Waals surface area contributed by atoms with Crippen LogP contribution in [0.3, 0.4) is 0 Å². The molecule has 2 aromatic carbocycles. The molecule has 0 amide bonds. The maximum Gasteiger partial charge on any atom is 0.129 e. The maximum atomic E-state index is 14.2. The van der Waals surface area contributed by atoms with Crippen LogP contribution in [0.15, 0.2) is 54.6 Å². The van der Waals surface area contributed by atoms with Gasteiger partial charge in [-0.15, -0.1) is 0 Å². The second kappa shape index (κ2) is 5.73. The van der Waals surface area contributed by atoms with Crippen LogP contribution in [0.2, 0.25) is 0 Å². The van der Waals surface area contributed by atoms with Gasteiger partial charge in [-0.1, -0.05) is 48.5 Å².